The van der Waals surface area contributed by atoms with Gasteiger partial charge >= 0.3 is 0 Å². The Labute approximate surface area is 161 Å². The van der Waals surface area contributed by atoms with Crippen LogP contribution in [0.15, 0.2) is 29.4 Å². The molecular weight excluding hydrogens is 341 g/mol. The molecule has 0 saturated carbocycles. The number of aromatic nitrogens is 1. The van der Waals surface area contributed by atoms with E-state index in [4.69, 9.17) is 4.99 Å². The zero-order chi connectivity index (χ0) is 19.1. The third-order valence-electron chi connectivity index (χ3n) is 5.32. The molecule has 1 fully saturated rings. The lowest BCUT2D eigenvalue weighted by Crippen LogP contribution is -2.40. The summed E-state index contributed by atoms with van der Waals surface area (Å²) in [6, 6.07) is 4.91. The molecule has 1 aliphatic rings. The van der Waals surface area contributed by atoms with E-state index in [1.54, 1.807) is 6.07 Å². The lowest BCUT2D eigenvalue weighted by Gasteiger charge is -2.31. The second kappa shape index (κ2) is 9.74. The van der Waals surface area contributed by atoms with E-state index in [0.29, 0.717) is 5.92 Å². The smallest absolute Gasteiger partial charge is 0.191 e. The van der Waals surface area contributed by atoms with Crippen molar-refractivity contribution in [2.24, 2.45) is 10.9 Å². The molecule has 2 aromatic rings. The second-order valence-corrected chi connectivity index (χ2v) is 7.30. The monoisotopic (exact) mass is 373 g/mol. The second-order valence-electron chi connectivity index (χ2n) is 7.30. The largest absolute Gasteiger partial charge is 0.361 e. The molecule has 0 aliphatic carbocycles. The number of guanidine groups is 1. The molecular formula is C21H32FN5. The molecule has 1 unspecified atom stereocenters. The summed E-state index contributed by atoms with van der Waals surface area (Å²) >= 11 is 0. The molecule has 1 saturated heterocycles. The van der Waals surface area contributed by atoms with E-state index in [-0.39, 0.29) is 5.82 Å². The Hall–Kier alpha value is -2.08. The van der Waals surface area contributed by atoms with Crippen LogP contribution < -0.4 is 10.6 Å². The maximum atomic E-state index is 13.3. The molecule has 5 nitrogen and oxygen atoms in total. The Balaban J connectivity index is 1.53. The van der Waals surface area contributed by atoms with Crippen molar-refractivity contribution in [1.82, 2.24) is 20.5 Å². The number of hydrogen-bond donors (Lipinski definition) is 3. The maximum Gasteiger partial charge on any atom is 0.191 e. The van der Waals surface area contributed by atoms with E-state index >= 15 is 0 Å². The van der Waals surface area contributed by atoms with Crippen molar-refractivity contribution in [3.8, 4) is 0 Å². The lowest BCUT2D eigenvalue weighted by molar-refractivity contribution is 0.186. The van der Waals surface area contributed by atoms with E-state index in [1.165, 1.54) is 31.0 Å². The van der Waals surface area contributed by atoms with Gasteiger partial charge in [0.2, 0.25) is 0 Å². The van der Waals surface area contributed by atoms with Gasteiger partial charge in [-0.2, -0.15) is 0 Å². The maximum absolute atomic E-state index is 13.3. The lowest BCUT2D eigenvalue weighted by atomic mass is 9.98. The first-order valence-corrected chi connectivity index (χ1v) is 10.2. The summed E-state index contributed by atoms with van der Waals surface area (Å²) in [4.78, 5) is 10.5. The van der Waals surface area contributed by atoms with Crippen LogP contribution in [0.2, 0.25) is 0 Å². The van der Waals surface area contributed by atoms with Crippen LogP contribution in [0.4, 0.5) is 4.39 Å². The molecule has 1 aromatic heterocycles. The molecule has 0 radical (unpaired) electrons. The zero-order valence-electron chi connectivity index (χ0n) is 16.5. The van der Waals surface area contributed by atoms with Crippen LogP contribution in [0, 0.1) is 11.7 Å². The topological polar surface area (TPSA) is 55.5 Å². The average molecular weight is 374 g/mol. The first kappa shape index (κ1) is 19.7. The Kier molecular flexibility index (Phi) is 7.10. The van der Waals surface area contributed by atoms with E-state index in [2.05, 4.69) is 34.4 Å². The minimum absolute atomic E-state index is 0.208. The van der Waals surface area contributed by atoms with Gasteiger partial charge in [-0.15, -0.1) is 0 Å². The van der Waals surface area contributed by atoms with Crippen molar-refractivity contribution in [2.75, 3.05) is 39.3 Å². The SMILES string of the molecule is CCNC(=NCC1CCCN(CC)C1)NCCc1c[nH]c2cc(F)ccc12. The Morgan fingerprint density at radius 2 is 2.22 bits per heavy atom. The average Bonchev–Trinajstić information content (AvgIpc) is 3.08. The number of hydrogen-bond acceptors (Lipinski definition) is 2. The fraction of sp³-hybridized carbons (Fsp3) is 0.571. The first-order chi connectivity index (χ1) is 13.2. The summed E-state index contributed by atoms with van der Waals surface area (Å²) in [5.41, 5.74) is 2.04. The summed E-state index contributed by atoms with van der Waals surface area (Å²) in [5, 5.41) is 7.86. The van der Waals surface area contributed by atoms with Gasteiger partial charge in [0.15, 0.2) is 5.96 Å². The van der Waals surface area contributed by atoms with Gasteiger partial charge < -0.3 is 20.5 Å². The van der Waals surface area contributed by atoms with Gasteiger partial charge in [0.1, 0.15) is 5.82 Å². The van der Waals surface area contributed by atoms with Gasteiger partial charge in [-0.05, 0) is 69.0 Å². The molecule has 0 bridgehead atoms. The third-order valence-corrected chi connectivity index (χ3v) is 5.32. The standard InChI is InChI=1S/C21H32FN5/c1-3-23-21(26-13-16-6-5-11-27(4-2)15-16)24-10-9-17-14-25-20-12-18(22)7-8-19(17)20/h7-8,12,14,16,25H,3-6,9-11,13,15H2,1-2H3,(H2,23,24,26). The molecule has 6 heteroatoms. The van der Waals surface area contributed by atoms with Crippen molar-refractivity contribution >= 4 is 16.9 Å². The minimum Gasteiger partial charge on any atom is -0.361 e. The number of fused-ring (bicyclic) bond motifs is 1. The van der Waals surface area contributed by atoms with E-state index in [1.807, 2.05) is 12.3 Å². The highest BCUT2D eigenvalue weighted by atomic mass is 19.1. The third kappa shape index (κ3) is 5.45. The molecule has 1 aromatic carbocycles. The minimum atomic E-state index is -0.208. The Morgan fingerprint density at radius 1 is 1.33 bits per heavy atom. The van der Waals surface area contributed by atoms with E-state index in [0.717, 1.165) is 56.0 Å². The van der Waals surface area contributed by atoms with Gasteiger partial charge in [-0.25, -0.2) is 4.39 Å². The molecule has 2 heterocycles. The van der Waals surface area contributed by atoms with Crippen LogP contribution in [0.1, 0.15) is 32.3 Å². The predicted octanol–water partition coefficient (Wildman–Crippen LogP) is 3.14. The Morgan fingerprint density at radius 3 is 3.04 bits per heavy atom. The normalized spacial score (nSPS) is 18.8. The van der Waals surface area contributed by atoms with Crippen molar-refractivity contribution in [3.05, 3.63) is 35.8 Å². The van der Waals surface area contributed by atoms with Gasteiger partial charge in [-0.1, -0.05) is 6.92 Å². The predicted molar refractivity (Wildman–Crippen MR) is 111 cm³/mol. The van der Waals surface area contributed by atoms with Crippen LogP contribution in [-0.2, 0) is 6.42 Å². The summed E-state index contributed by atoms with van der Waals surface area (Å²) in [5.74, 6) is 1.33. The highest BCUT2D eigenvalue weighted by molar-refractivity contribution is 5.83. The van der Waals surface area contributed by atoms with Crippen LogP contribution >= 0.6 is 0 Å². The molecule has 27 heavy (non-hydrogen) atoms. The number of nitrogens with zero attached hydrogens (tertiary/aromatic N) is 2. The fourth-order valence-corrected chi connectivity index (χ4v) is 3.83. The number of aromatic amines is 1. The summed E-state index contributed by atoms with van der Waals surface area (Å²) in [6.45, 7) is 10.4. The fourth-order valence-electron chi connectivity index (χ4n) is 3.83. The summed E-state index contributed by atoms with van der Waals surface area (Å²) in [6.07, 6.45) is 5.38. The molecule has 1 aliphatic heterocycles. The number of likely N-dealkylation sites (tertiary alicyclic amines) is 1. The Bertz CT molecular complexity index is 754. The van der Waals surface area contributed by atoms with Crippen molar-refractivity contribution in [2.45, 2.75) is 33.1 Å². The van der Waals surface area contributed by atoms with Gasteiger partial charge in [0.05, 0.1) is 0 Å². The number of piperidine rings is 1. The molecule has 0 spiro atoms. The van der Waals surface area contributed by atoms with Gasteiger partial charge in [-0.3, -0.25) is 4.99 Å². The molecule has 0 amide bonds. The van der Waals surface area contributed by atoms with Crippen molar-refractivity contribution in [1.29, 1.82) is 0 Å². The quantitative estimate of drug-likeness (QED) is 0.516. The number of benzene rings is 1. The van der Waals surface area contributed by atoms with Crippen molar-refractivity contribution in [3.63, 3.8) is 0 Å². The van der Waals surface area contributed by atoms with Crippen LogP contribution in [0.5, 0.6) is 0 Å². The number of halogens is 1. The highest BCUT2D eigenvalue weighted by Gasteiger charge is 2.18. The number of nitrogens with one attached hydrogen (secondary N) is 3. The molecule has 3 N–H and O–H groups in total. The highest BCUT2D eigenvalue weighted by Crippen LogP contribution is 2.19. The number of H-pyrrole nitrogens is 1. The van der Waals surface area contributed by atoms with Crippen LogP contribution in [-0.4, -0.2) is 55.1 Å². The zero-order valence-corrected chi connectivity index (χ0v) is 16.5. The molecule has 3 rings (SSSR count). The van der Waals surface area contributed by atoms with Crippen LogP contribution in [0.3, 0.4) is 0 Å². The molecule has 1 atom stereocenters. The number of aliphatic imine (C=N–C) groups is 1. The van der Waals surface area contributed by atoms with E-state index in [9.17, 15) is 4.39 Å². The van der Waals surface area contributed by atoms with E-state index < -0.39 is 0 Å². The van der Waals surface area contributed by atoms with Crippen molar-refractivity contribution < 1.29 is 4.39 Å². The first-order valence-electron chi connectivity index (χ1n) is 10.2. The summed E-state index contributed by atoms with van der Waals surface area (Å²) in [7, 11) is 0. The summed E-state index contributed by atoms with van der Waals surface area (Å²) < 4.78 is 13.3. The van der Waals surface area contributed by atoms with Crippen LogP contribution in [0.25, 0.3) is 10.9 Å². The van der Waals surface area contributed by atoms with Gasteiger partial charge in [0, 0.05) is 43.3 Å². The van der Waals surface area contributed by atoms with Gasteiger partial charge in [0.25, 0.3) is 0 Å². The number of rotatable bonds is 7. The molecule has 148 valence electrons.